The van der Waals surface area contributed by atoms with Crippen LogP contribution < -0.4 is 15.9 Å². The van der Waals surface area contributed by atoms with Crippen LogP contribution in [0, 0.1) is 17.2 Å². The number of aliphatic hydroxyl groups excluding tert-OH is 1. The summed E-state index contributed by atoms with van der Waals surface area (Å²) in [5, 5.41) is 21.5. The Morgan fingerprint density at radius 2 is 2.30 bits per heavy atom. The van der Waals surface area contributed by atoms with Gasteiger partial charge in [-0.25, -0.2) is 0 Å². The Morgan fingerprint density at radius 3 is 3.00 bits per heavy atom. The van der Waals surface area contributed by atoms with Crippen molar-refractivity contribution in [2.75, 3.05) is 13.1 Å². The van der Waals surface area contributed by atoms with Gasteiger partial charge in [0.05, 0.1) is 24.1 Å². The van der Waals surface area contributed by atoms with Crippen LogP contribution >= 0.6 is 0 Å². The van der Waals surface area contributed by atoms with E-state index in [-0.39, 0.29) is 11.8 Å². The first-order valence-electron chi connectivity index (χ1n) is 8.94. The summed E-state index contributed by atoms with van der Waals surface area (Å²) in [6.45, 7) is 4.26. The Bertz CT molecular complexity index is 873. The number of hydrogen-bond acceptors (Lipinski definition) is 7. The first kappa shape index (κ1) is 17.6. The van der Waals surface area contributed by atoms with Gasteiger partial charge in [0, 0.05) is 17.7 Å². The Hall–Kier alpha value is -2.76. The van der Waals surface area contributed by atoms with E-state index in [1.54, 1.807) is 32.0 Å². The van der Waals surface area contributed by atoms with Crippen molar-refractivity contribution in [2.45, 2.75) is 38.1 Å². The molecular formula is C19H22N4O4. The van der Waals surface area contributed by atoms with Gasteiger partial charge in [-0.1, -0.05) is 0 Å². The fourth-order valence-electron chi connectivity index (χ4n) is 3.55. The normalized spacial score (nSPS) is 27.7. The summed E-state index contributed by atoms with van der Waals surface area (Å²) in [4.78, 5) is 12.3. The van der Waals surface area contributed by atoms with E-state index in [4.69, 9.17) is 15.2 Å². The molecule has 4 N–H and O–H groups in total. The molecule has 8 nitrogen and oxygen atoms in total. The molecule has 3 aliphatic rings. The van der Waals surface area contributed by atoms with E-state index < -0.39 is 17.8 Å². The summed E-state index contributed by atoms with van der Waals surface area (Å²) in [5.74, 6) is 0.853. The molecule has 1 aromatic carbocycles. The second-order valence-corrected chi connectivity index (χ2v) is 7.55. The molecule has 2 aliphatic heterocycles. The van der Waals surface area contributed by atoms with Gasteiger partial charge in [-0.15, -0.1) is 0 Å². The van der Waals surface area contributed by atoms with Crippen LogP contribution in [0.15, 0.2) is 29.7 Å². The van der Waals surface area contributed by atoms with Crippen molar-refractivity contribution in [1.29, 1.82) is 5.26 Å². The minimum atomic E-state index is -0.966. The average molecular weight is 370 g/mol. The van der Waals surface area contributed by atoms with Crippen LogP contribution in [0.4, 0.5) is 0 Å². The van der Waals surface area contributed by atoms with Gasteiger partial charge in [0.1, 0.15) is 17.5 Å². The van der Waals surface area contributed by atoms with Gasteiger partial charge in [-0.2, -0.15) is 5.26 Å². The molecule has 4 rings (SSSR count). The third-order valence-electron chi connectivity index (χ3n) is 5.19. The van der Waals surface area contributed by atoms with Crippen LogP contribution in [0.1, 0.15) is 37.5 Å². The highest BCUT2D eigenvalue weighted by Gasteiger charge is 2.50. The number of fused-ring (bicyclic) bond motifs is 2. The lowest BCUT2D eigenvalue weighted by atomic mass is 9.87. The van der Waals surface area contributed by atoms with Crippen LogP contribution in [0.2, 0.25) is 0 Å². The van der Waals surface area contributed by atoms with Gasteiger partial charge in [-0.3, -0.25) is 15.2 Å². The minimum Gasteiger partial charge on any atom is -0.485 e. The van der Waals surface area contributed by atoms with Crippen molar-refractivity contribution in [3.05, 3.63) is 40.8 Å². The summed E-state index contributed by atoms with van der Waals surface area (Å²) >= 11 is 0. The second kappa shape index (κ2) is 6.15. The monoisotopic (exact) mass is 370 g/mol. The molecule has 8 heteroatoms. The molecule has 0 aromatic heterocycles. The number of ether oxygens (including phenoxy) is 2. The van der Waals surface area contributed by atoms with Gasteiger partial charge in [0.2, 0.25) is 11.8 Å². The van der Waals surface area contributed by atoms with Crippen molar-refractivity contribution < 1.29 is 19.4 Å². The van der Waals surface area contributed by atoms with Crippen LogP contribution in [0.3, 0.4) is 0 Å². The Labute approximate surface area is 157 Å². The van der Waals surface area contributed by atoms with Crippen molar-refractivity contribution in [1.82, 2.24) is 10.4 Å². The maximum Gasteiger partial charge on any atom is 0.248 e. The van der Waals surface area contributed by atoms with Crippen LogP contribution in [0.5, 0.6) is 5.75 Å². The molecule has 27 heavy (non-hydrogen) atoms. The zero-order valence-corrected chi connectivity index (χ0v) is 15.2. The number of amides is 1. The lowest BCUT2D eigenvalue weighted by Crippen LogP contribution is -2.52. The lowest BCUT2D eigenvalue weighted by Gasteiger charge is -2.42. The maximum atomic E-state index is 12.3. The number of nitrogens with two attached hydrogens (primary N) is 1. The number of nitrogens with zero attached hydrogens (tertiary/aromatic N) is 2. The predicted octanol–water partition coefficient (Wildman–Crippen LogP) is 0.685. The molecule has 142 valence electrons. The Kier molecular flexibility index (Phi) is 4.02. The molecule has 0 bridgehead atoms. The number of hydrogen-bond donors (Lipinski definition) is 3. The summed E-state index contributed by atoms with van der Waals surface area (Å²) < 4.78 is 12.1. The highest BCUT2D eigenvalue weighted by molar-refractivity contribution is 5.87. The van der Waals surface area contributed by atoms with Gasteiger partial charge < -0.3 is 20.3 Å². The first-order chi connectivity index (χ1) is 12.9. The summed E-state index contributed by atoms with van der Waals surface area (Å²) in [6, 6.07) is 7.15. The molecule has 3 atom stereocenters. The number of benzene rings is 1. The molecule has 0 radical (unpaired) electrons. The molecule has 0 spiro atoms. The van der Waals surface area contributed by atoms with Gasteiger partial charge >= 0.3 is 0 Å². The van der Waals surface area contributed by atoms with E-state index in [1.807, 2.05) is 0 Å². The zero-order chi connectivity index (χ0) is 19.3. The van der Waals surface area contributed by atoms with E-state index in [0.717, 1.165) is 5.57 Å². The molecule has 3 unspecified atom stereocenters. The van der Waals surface area contributed by atoms with E-state index >= 15 is 0 Å². The maximum absolute atomic E-state index is 12.3. The number of nitriles is 1. The first-order valence-corrected chi connectivity index (χ1v) is 8.94. The zero-order valence-electron chi connectivity index (χ0n) is 15.2. The standard InChI is InChI=1S/C19H22N4O4/c1-19(2)16(24)15(13-7-10(9-21)3-4-14(13)27-19)26-17-11-8-12(11)18(25)23(22-17)6-5-20/h3-4,7,12,15-16,22,24H,5-6,8,20H2,1-2H3. The summed E-state index contributed by atoms with van der Waals surface area (Å²) in [7, 11) is 0. The fourth-order valence-corrected chi connectivity index (χ4v) is 3.55. The number of aliphatic hydroxyl groups is 1. The highest BCUT2D eigenvalue weighted by atomic mass is 16.6. The SMILES string of the molecule is CC1(C)Oc2ccc(C#N)cc2C(OC2=C3CC3C(=O)N(CCN)N2)C1O. The topological polar surface area (TPSA) is 121 Å². The molecule has 1 saturated carbocycles. The van der Waals surface area contributed by atoms with Gasteiger partial charge in [0.15, 0.2) is 6.10 Å². The third kappa shape index (κ3) is 2.89. The number of carbonyl (C=O) groups excluding carboxylic acids is 1. The van der Waals surface area contributed by atoms with E-state index in [9.17, 15) is 15.2 Å². The summed E-state index contributed by atoms with van der Waals surface area (Å²) in [5.41, 5.74) is 9.66. The highest BCUT2D eigenvalue weighted by Crippen LogP contribution is 2.48. The molecule has 1 aliphatic carbocycles. The quantitative estimate of drug-likeness (QED) is 0.713. The predicted molar refractivity (Wildman–Crippen MR) is 94.7 cm³/mol. The van der Waals surface area contributed by atoms with Crippen molar-refractivity contribution in [3.8, 4) is 11.8 Å². The number of rotatable bonds is 4. The molecular weight excluding hydrogens is 348 g/mol. The largest absolute Gasteiger partial charge is 0.485 e. The van der Waals surface area contributed by atoms with Crippen molar-refractivity contribution in [2.24, 2.45) is 11.7 Å². The fraction of sp³-hybridized carbons (Fsp3) is 0.474. The average Bonchev–Trinajstić information content (AvgIpc) is 3.43. The molecule has 1 amide bonds. The third-order valence-corrected chi connectivity index (χ3v) is 5.19. The van der Waals surface area contributed by atoms with Crippen LogP contribution in [-0.2, 0) is 9.53 Å². The number of carbonyl (C=O) groups is 1. The van der Waals surface area contributed by atoms with Gasteiger partial charge in [-0.05, 0) is 38.5 Å². The van der Waals surface area contributed by atoms with Crippen LogP contribution in [0.25, 0.3) is 0 Å². The smallest absolute Gasteiger partial charge is 0.248 e. The molecule has 2 heterocycles. The van der Waals surface area contributed by atoms with E-state index in [2.05, 4.69) is 11.5 Å². The molecule has 1 aromatic rings. The van der Waals surface area contributed by atoms with E-state index in [0.29, 0.717) is 42.3 Å². The Morgan fingerprint density at radius 1 is 1.52 bits per heavy atom. The summed E-state index contributed by atoms with van der Waals surface area (Å²) in [6.07, 6.45) is -1.07. The molecule has 0 saturated heterocycles. The Balaban J connectivity index is 1.68. The number of nitrogens with one attached hydrogen (secondary N) is 1. The minimum absolute atomic E-state index is 0.0113. The van der Waals surface area contributed by atoms with Crippen molar-refractivity contribution in [3.63, 3.8) is 0 Å². The van der Waals surface area contributed by atoms with Crippen molar-refractivity contribution >= 4 is 5.91 Å². The van der Waals surface area contributed by atoms with Gasteiger partial charge in [0.25, 0.3) is 0 Å². The molecule has 1 fully saturated rings. The van der Waals surface area contributed by atoms with Crippen LogP contribution in [-0.4, -0.2) is 40.8 Å². The van der Waals surface area contributed by atoms with E-state index in [1.165, 1.54) is 5.01 Å². The second-order valence-electron chi connectivity index (χ2n) is 7.55. The lowest BCUT2D eigenvalue weighted by molar-refractivity contribution is -0.142. The number of hydrazine groups is 1.